The Morgan fingerprint density at radius 3 is 2.61 bits per heavy atom. The molecule has 2 aromatic carbocycles. The molecule has 0 saturated carbocycles. The Balaban J connectivity index is 1.60. The highest BCUT2D eigenvalue weighted by atomic mass is 28.4. The number of carbonyl (C=O) groups is 3. The first-order valence-electron chi connectivity index (χ1n) is 14.1. The molecule has 10 nitrogen and oxygen atoms in total. The van der Waals surface area contributed by atoms with Crippen LogP contribution >= 0.6 is 0 Å². The highest BCUT2D eigenvalue weighted by Crippen LogP contribution is 2.60. The highest BCUT2D eigenvalue weighted by molar-refractivity contribution is 6.71. The number of carbonyl (C=O) groups excluding carboxylic acids is 3. The summed E-state index contributed by atoms with van der Waals surface area (Å²) in [6, 6.07) is 12.8. The number of para-hydroxylation sites is 2. The summed E-state index contributed by atoms with van der Waals surface area (Å²) in [7, 11) is -1.49. The van der Waals surface area contributed by atoms with Crippen LogP contribution in [-0.2, 0) is 29.5 Å². The molecule has 5 rings (SSSR count). The molecule has 3 heterocycles. The molecule has 41 heavy (non-hydrogen) atoms. The van der Waals surface area contributed by atoms with Crippen molar-refractivity contribution >= 4 is 43.2 Å². The van der Waals surface area contributed by atoms with Gasteiger partial charge in [0.25, 0.3) is 11.8 Å². The van der Waals surface area contributed by atoms with Crippen LogP contribution in [0.1, 0.15) is 38.2 Å². The lowest BCUT2D eigenvalue weighted by atomic mass is 9.82. The SMILES string of the molecule is COC(=O)CCCCN1C(=O)[C@@]2(O[C@@H](CCO)[C@H]([Si](C)(C)O)[C@H]2C)c2cc(N3C(=O)COc4ccccc43)ccc21. The molecule has 1 fully saturated rings. The smallest absolute Gasteiger partial charge is 0.305 e. The monoisotopic (exact) mass is 582 g/mol. The third-order valence-corrected chi connectivity index (χ3v) is 11.1. The third kappa shape index (κ3) is 4.94. The maximum atomic E-state index is 14.4. The number of anilines is 3. The van der Waals surface area contributed by atoms with Gasteiger partial charge < -0.3 is 29.0 Å². The number of amides is 2. The highest BCUT2D eigenvalue weighted by Gasteiger charge is 2.66. The van der Waals surface area contributed by atoms with Gasteiger partial charge in [-0.2, -0.15) is 0 Å². The average Bonchev–Trinajstić information content (AvgIpc) is 3.37. The molecule has 3 aliphatic heterocycles. The fraction of sp³-hybridized carbons (Fsp3) is 0.500. The zero-order valence-corrected chi connectivity index (χ0v) is 25.0. The number of rotatable bonds is 9. The molecule has 4 atom stereocenters. The van der Waals surface area contributed by atoms with Crippen molar-refractivity contribution in [2.24, 2.45) is 5.92 Å². The van der Waals surface area contributed by atoms with Crippen molar-refractivity contribution in [1.29, 1.82) is 0 Å². The summed E-state index contributed by atoms with van der Waals surface area (Å²) in [5.74, 6) is -0.561. The molecule has 2 amide bonds. The van der Waals surface area contributed by atoms with Gasteiger partial charge in [-0.15, -0.1) is 0 Å². The summed E-state index contributed by atoms with van der Waals surface area (Å²) in [5.41, 5.74) is 0.823. The van der Waals surface area contributed by atoms with Gasteiger partial charge in [0.15, 0.2) is 20.5 Å². The molecule has 2 N–H and O–H groups in total. The second-order valence-corrected chi connectivity index (χ2v) is 15.5. The average molecular weight is 583 g/mol. The molecule has 0 unspecified atom stereocenters. The molecule has 1 spiro atoms. The van der Waals surface area contributed by atoms with Gasteiger partial charge in [0.1, 0.15) is 5.75 Å². The van der Waals surface area contributed by atoms with Gasteiger partial charge in [-0.25, -0.2) is 0 Å². The Bertz CT molecular complexity index is 1340. The first-order valence-corrected chi connectivity index (χ1v) is 17.2. The number of hydrogen-bond acceptors (Lipinski definition) is 8. The van der Waals surface area contributed by atoms with Gasteiger partial charge in [-0.1, -0.05) is 19.1 Å². The topological polar surface area (TPSA) is 126 Å². The fourth-order valence-corrected chi connectivity index (χ4v) is 9.45. The summed E-state index contributed by atoms with van der Waals surface area (Å²) in [5, 5.41) is 9.85. The van der Waals surface area contributed by atoms with Crippen LogP contribution in [0, 0.1) is 5.92 Å². The van der Waals surface area contributed by atoms with Crippen LogP contribution in [0.3, 0.4) is 0 Å². The number of hydrogen-bond donors (Lipinski definition) is 2. The van der Waals surface area contributed by atoms with Crippen LogP contribution in [0.2, 0.25) is 18.6 Å². The number of aliphatic hydroxyl groups excluding tert-OH is 1. The summed E-state index contributed by atoms with van der Waals surface area (Å²) < 4.78 is 17.1. The second kappa shape index (κ2) is 11.2. The fourth-order valence-electron chi connectivity index (χ4n) is 6.85. The quantitative estimate of drug-likeness (QED) is 0.261. The molecule has 0 radical (unpaired) electrons. The maximum Gasteiger partial charge on any atom is 0.305 e. The second-order valence-electron chi connectivity index (χ2n) is 11.5. The summed E-state index contributed by atoms with van der Waals surface area (Å²) in [4.78, 5) is 53.8. The van der Waals surface area contributed by atoms with Gasteiger partial charge in [0.05, 0.1) is 24.6 Å². The Hall–Kier alpha value is -3.25. The van der Waals surface area contributed by atoms with Crippen LogP contribution in [-0.4, -0.2) is 69.0 Å². The van der Waals surface area contributed by atoms with Crippen molar-refractivity contribution in [1.82, 2.24) is 0 Å². The van der Waals surface area contributed by atoms with Gasteiger partial charge in [-0.3, -0.25) is 19.3 Å². The van der Waals surface area contributed by atoms with Gasteiger partial charge in [0, 0.05) is 42.3 Å². The van der Waals surface area contributed by atoms with E-state index in [-0.39, 0.29) is 48.9 Å². The minimum atomic E-state index is -2.85. The Morgan fingerprint density at radius 2 is 1.90 bits per heavy atom. The molecular weight excluding hydrogens is 544 g/mol. The lowest BCUT2D eigenvalue weighted by molar-refractivity contribution is -0.146. The number of aliphatic hydroxyl groups is 1. The number of unbranched alkanes of at least 4 members (excludes halogenated alkanes) is 1. The molecule has 11 heteroatoms. The lowest BCUT2D eigenvalue weighted by Gasteiger charge is -2.33. The molecule has 1 saturated heterocycles. The summed E-state index contributed by atoms with van der Waals surface area (Å²) >= 11 is 0. The minimum absolute atomic E-state index is 0.109. The van der Waals surface area contributed by atoms with E-state index in [0.29, 0.717) is 54.2 Å². The number of ether oxygens (including phenoxy) is 3. The number of benzene rings is 2. The minimum Gasteiger partial charge on any atom is -0.482 e. The van der Waals surface area contributed by atoms with E-state index in [1.807, 2.05) is 62.5 Å². The Morgan fingerprint density at radius 1 is 1.15 bits per heavy atom. The molecule has 2 aromatic rings. The predicted molar refractivity (Wildman–Crippen MR) is 155 cm³/mol. The van der Waals surface area contributed by atoms with E-state index in [2.05, 4.69) is 0 Å². The molecule has 0 aliphatic carbocycles. The van der Waals surface area contributed by atoms with E-state index < -0.39 is 20.0 Å². The number of methoxy groups -OCH3 is 1. The van der Waals surface area contributed by atoms with Crippen molar-refractivity contribution in [3.63, 3.8) is 0 Å². The Kier molecular flexibility index (Phi) is 7.99. The van der Waals surface area contributed by atoms with Crippen molar-refractivity contribution < 1.29 is 38.5 Å². The molecular formula is C30H38N2O8Si. The lowest BCUT2D eigenvalue weighted by Crippen LogP contribution is -2.46. The van der Waals surface area contributed by atoms with Crippen LogP contribution in [0.25, 0.3) is 0 Å². The molecule has 0 aromatic heterocycles. The number of nitrogens with zero attached hydrogens (tertiary/aromatic N) is 2. The molecule has 220 valence electrons. The van der Waals surface area contributed by atoms with Crippen LogP contribution in [0.4, 0.5) is 17.1 Å². The standard InChI is InChI=1S/C30H38N2O8Si/c1-19-28(41(3,4)37)25(14-16-33)40-30(19)21-17-20(32-23-9-5-6-10-24(23)39-18-26(32)34)12-13-22(21)31(29(30)36)15-8-7-11-27(35)38-2/h5-6,9-10,12-13,17,19,25,28,33,37H,7-8,11,14-16,18H2,1-4H3/t19-,25+,28-,30+/m1/s1. The normalized spacial score (nSPS) is 25.4. The summed E-state index contributed by atoms with van der Waals surface area (Å²) in [6.45, 7) is 5.75. The zero-order chi connectivity index (χ0) is 29.5. The summed E-state index contributed by atoms with van der Waals surface area (Å²) in [6.07, 6.45) is 1.17. The van der Waals surface area contributed by atoms with E-state index in [1.54, 1.807) is 9.80 Å². The van der Waals surface area contributed by atoms with Gasteiger partial charge >= 0.3 is 5.97 Å². The van der Waals surface area contributed by atoms with Crippen LogP contribution in [0.5, 0.6) is 5.75 Å². The van der Waals surface area contributed by atoms with E-state index in [0.717, 1.165) is 0 Å². The molecule has 0 bridgehead atoms. The first-order chi connectivity index (χ1) is 19.5. The van der Waals surface area contributed by atoms with Crippen molar-refractivity contribution in [2.45, 2.75) is 62.9 Å². The van der Waals surface area contributed by atoms with Crippen LogP contribution in [0.15, 0.2) is 42.5 Å². The zero-order valence-electron chi connectivity index (χ0n) is 24.0. The largest absolute Gasteiger partial charge is 0.482 e. The van der Waals surface area contributed by atoms with Crippen LogP contribution < -0.4 is 14.5 Å². The third-order valence-electron chi connectivity index (χ3n) is 8.59. The van der Waals surface area contributed by atoms with Crippen molar-refractivity contribution in [3.8, 4) is 5.75 Å². The molecule has 3 aliphatic rings. The van der Waals surface area contributed by atoms with Crippen molar-refractivity contribution in [3.05, 3.63) is 48.0 Å². The van der Waals surface area contributed by atoms with E-state index in [1.165, 1.54) is 7.11 Å². The maximum absolute atomic E-state index is 14.4. The first kappa shape index (κ1) is 29.2. The van der Waals surface area contributed by atoms with E-state index in [9.17, 15) is 24.3 Å². The van der Waals surface area contributed by atoms with Gasteiger partial charge in [0.2, 0.25) is 0 Å². The predicted octanol–water partition coefficient (Wildman–Crippen LogP) is 3.61. The van der Waals surface area contributed by atoms with E-state index in [4.69, 9.17) is 14.2 Å². The number of fused-ring (bicyclic) bond motifs is 3. The van der Waals surface area contributed by atoms with Gasteiger partial charge in [-0.05, 0) is 62.7 Å². The Labute approximate surface area is 240 Å². The number of esters is 1. The van der Waals surface area contributed by atoms with E-state index >= 15 is 0 Å². The van der Waals surface area contributed by atoms with Crippen molar-refractivity contribution in [2.75, 3.05) is 36.7 Å².